The number of carbonyl (C=O) groups is 1. The van der Waals surface area contributed by atoms with Crippen molar-refractivity contribution in [3.63, 3.8) is 0 Å². The van der Waals surface area contributed by atoms with E-state index < -0.39 is 11.7 Å². The van der Waals surface area contributed by atoms with E-state index in [9.17, 15) is 18.0 Å². The summed E-state index contributed by atoms with van der Waals surface area (Å²) >= 11 is 0. The Balaban J connectivity index is 1.67. The smallest absolute Gasteiger partial charge is 0.338 e. The zero-order chi connectivity index (χ0) is 22.5. The largest absolute Gasteiger partial charge is 0.416 e. The van der Waals surface area contributed by atoms with Gasteiger partial charge in [0.1, 0.15) is 11.3 Å². The van der Waals surface area contributed by atoms with E-state index in [1.54, 1.807) is 30.5 Å². The van der Waals surface area contributed by atoms with Crippen molar-refractivity contribution >= 4 is 39.1 Å². The van der Waals surface area contributed by atoms with Gasteiger partial charge in [-0.2, -0.15) is 13.2 Å². The predicted octanol–water partition coefficient (Wildman–Crippen LogP) is 6.10. The van der Waals surface area contributed by atoms with Crippen molar-refractivity contribution in [1.29, 1.82) is 0 Å². The van der Waals surface area contributed by atoms with Gasteiger partial charge in [0.2, 0.25) is 0 Å². The molecule has 0 bridgehead atoms. The molecule has 0 radical (unpaired) electrons. The molecule has 1 N–H and O–H groups in total. The number of aromatic nitrogens is 3. The van der Waals surface area contributed by atoms with Crippen molar-refractivity contribution in [2.45, 2.75) is 32.4 Å². The van der Waals surface area contributed by atoms with E-state index in [1.807, 2.05) is 0 Å². The number of fused-ring (bicyclic) bond motifs is 3. The van der Waals surface area contributed by atoms with E-state index in [4.69, 9.17) is 4.98 Å². The highest BCUT2D eigenvalue weighted by Gasteiger charge is 2.30. The minimum Gasteiger partial charge on any atom is -0.338 e. The normalized spacial score (nSPS) is 14.1. The lowest BCUT2D eigenvalue weighted by Crippen LogP contribution is -2.06. The van der Waals surface area contributed by atoms with Gasteiger partial charge >= 0.3 is 6.18 Å². The van der Waals surface area contributed by atoms with Crippen molar-refractivity contribution in [2.75, 3.05) is 5.32 Å². The number of halogens is 3. The van der Waals surface area contributed by atoms with Crippen molar-refractivity contribution in [2.24, 2.45) is 5.92 Å². The molecule has 1 aliphatic carbocycles. The van der Waals surface area contributed by atoms with Crippen LogP contribution in [-0.4, -0.2) is 20.7 Å². The molecule has 0 aliphatic heterocycles. The summed E-state index contributed by atoms with van der Waals surface area (Å²) in [5.41, 5.74) is 1.07. The monoisotopic (exact) mass is 436 g/mol. The molecule has 162 valence electrons. The van der Waals surface area contributed by atoms with Crippen LogP contribution in [0.3, 0.4) is 0 Å². The molecule has 0 atom stereocenters. The Hall–Kier alpha value is -3.55. The van der Waals surface area contributed by atoms with E-state index in [2.05, 4.69) is 15.3 Å². The number of ketones is 1. The Kier molecular flexibility index (Phi) is 4.80. The average Bonchev–Trinajstić information content (AvgIpc) is 3.57. The van der Waals surface area contributed by atoms with Gasteiger partial charge in [0, 0.05) is 34.6 Å². The fraction of sp³-hybridized carbons (Fsp3) is 0.250. The summed E-state index contributed by atoms with van der Waals surface area (Å²) < 4.78 is 39.5. The zero-order valence-corrected chi connectivity index (χ0v) is 17.2. The van der Waals surface area contributed by atoms with Crippen molar-refractivity contribution in [3.05, 3.63) is 65.6 Å². The Labute approximate surface area is 181 Å². The summed E-state index contributed by atoms with van der Waals surface area (Å²) in [6.07, 6.45) is 0.350. The van der Waals surface area contributed by atoms with Crippen LogP contribution in [0.25, 0.3) is 21.8 Å². The van der Waals surface area contributed by atoms with Crippen LogP contribution in [0, 0.1) is 5.92 Å². The molecule has 5 nitrogen and oxygen atoms in total. The lowest BCUT2D eigenvalue weighted by atomic mass is 10.1. The van der Waals surface area contributed by atoms with Crippen LogP contribution in [0.2, 0.25) is 0 Å². The van der Waals surface area contributed by atoms with Crippen LogP contribution >= 0.6 is 0 Å². The highest BCUT2D eigenvalue weighted by atomic mass is 19.4. The van der Waals surface area contributed by atoms with Gasteiger partial charge in [0.15, 0.2) is 11.6 Å². The van der Waals surface area contributed by atoms with E-state index in [1.165, 1.54) is 13.0 Å². The third-order valence-corrected chi connectivity index (χ3v) is 5.61. The molecule has 2 aromatic heterocycles. The van der Waals surface area contributed by atoms with E-state index in [-0.39, 0.29) is 11.5 Å². The predicted molar refractivity (Wildman–Crippen MR) is 116 cm³/mol. The summed E-state index contributed by atoms with van der Waals surface area (Å²) in [5.74, 6) is 1.50. The summed E-state index contributed by atoms with van der Waals surface area (Å²) in [7, 11) is 0. The molecular weight excluding hydrogens is 417 g/mol. The fourth-order valence-corrected chi connectivity index (χ4v) is 3.72. The molecule has 1 aliphatic rings. The van der Waals surface area contributed by atoms with Crippen LogP contribution in [-0.2, 0) is 12.6 Å². The highest BCUT2D eigenvalue weighted by Crippen LogP contribution is 2.35. The molecule has 2 aromatic carbocycles. The van der Waals surface area contributed by atoms with Gasteiger partial charge in [-0.3, -0.25) is 4.79 Å². The number of benzene rings is 2. The average molecular weight is 436 g/mol. The maximum atomic E-state index is 13.2. The molecule has 0 unspecified atom stereocenters. The first kappa shape index (κ1) is 20.4. The van der Waals surface area contributed by atoms with E-state index in [0.29, 0.717) is 34.2 Å². The zero-order valence-electron chi connectivity index (χ0n) is 17.2. The number of rotatable bonds is 5. The van der Waals surface area contributed by atoms with Crippen LogP contribution in [0.4, 0.5) is 24.7 Å². The summed E-state index contributed by atoms with van der Waals surface area (Å²) in [6.45, 7) is 1.47. The van der Waals surface area contributed by atoms with Gasteiger partial charge in [-0.05, 0) is 49.9 Å². The number of nitrogens with zero attached hydrogens (tertiary/aromatic N) is 3. The Morgan fingerprint density at radius 2 is 1.91 bits per heavy atom. The molecule has 8 heteroatoms. The fourth-order valence-electron chi connectivity index (χ4n) is 3.72. The number of hydrogen-bond donors (Lipinski definition) is 1. The quantitative estimate of drug-likeness (QED) is 0.303. The number of pyridine rings is 1. The molecule has 0 spiro atoms. The van der Waals surface area contributed by atoms with Gasteiger partial charge in [-0.1, -0.05) is 18.2 Å². The number of nitrogens with one attached hydrogen (secondary N) is 1. The number of Topliss-reactive ketones (excluding diaryl/α,β-unsaturated/α-hetero) is 1. The first-order valence-electron chi connectivity index (χ1n) is 10.3. The first-order valence-corrected chi connectivity index (χ1v) is 10.3. The van der Waals surface area contributed by atoms with Gasteiger partial charge in [-0.25, -0.2) is 15.0 Å². The molecule has 4 aromatic rings. The second-order valence-corrected chi connectivity index (χ2v) is 8.15. The third kappa shape index (κ3) is 4.00. The Morgan fingerprint density at radius 3 is 2.62 bits per heavy atom. The van der Waals surface area contributed by atoms with Gasteiger partial charge in [-0.15, -0.1) is 0 Å². The highest BCUT2D eigenvalue weighted by molar-refractivity contribution is 6.10. The minimum absolute atomic E-state index is 0.0998. The lowest BCUT2D eigenvalue weighted by molar-refractivity contribution is -0.137. The van der Waals surface area contributed by atoms with Crippen molar-refractivity contribution in [1.82, 2.24) is 15.0 Å². The minimum atomic E-state index is -4.45. The number of anilines is 2. The topological polar surface area (TPSA) is 67.8 Å². The SMILES string of the molecule is CC(=O)c1ccc2c(c1)nc(Nc1cccc(C(F)(F)F)c1)c1nc(CC3CC3)ncc12. The standard InChI is InChI=1S/C24H19F3N4O/c1-13(32)15-7-8-18-19-12-28-21(9-14-5-6-14)31-22(19)23(30-20(18)10-15)29-17-4-2-3-16(11-17)24(25,26)27/h2-4,7-8,10-12,14H,5-6,9H2,1H3,(H,29,30). The molecule has 2 heterocycles. The van der Waals surface area contributed by atoms with Crippen LogP contribution in [0.1, 0.15) is 41.5 Å². The second-order valence-electron chi connectivity index (χ2n) is 8.15. The molecular formula is C24H19F3N4O. The first-order chi connectivity index (χ1) is 15.3. The molecule has 0 amide bonds. The molecule has 0 saturated heterocycles. The molecule has 32 heavy (non-hydrogen) atoms. The van der Waals surface area contributed by atoms with E-state index in [0.717, 1.165) is 42.2 Å². The van der Waals surface area contributed by atoms with Crippen LogP contribution in [0.15, 0.2) is 48.7 Å². The van der Waals surface area contributed by atoms with Gasteiger partial charge in [0.25, 0.3) is 0 Å². The number of alkyl halides is 3. The molecule has 1 saturated carbocycles. The molecule has 5 rings (SSSR count). The van der Waals surface area contributed by atoms with Crippen LogP contribution in [0.5, 0.6) is 0 Å². The molecule has 1 fully saturated rings. The maximum absolute atomic E-state index is 13.2. The van der Waals surface area contributed by atoms with Gasteiger partial charge in [0.05, 0.1) is 11.1 Å². The Morgan fingerprint density at radius 1 is 1.09 bits per heavy atom. The van der Waals surface area contributed by atoms with Crippen LogP contribution < -0.4 is 5.32 Å². The Bertz CT molecular complexity index is 1360. The summed E-state index contributed by atoms with van der Waals surface area (Å²) in [4.78, 5) is 25.7. The van der Waals surface area contributed by atoms with Crippen molar-refractivity contribution in [3.8, 4) is 0 Å². The lowest BCUT2D eigenvalue weighted by Gasteiger charge is -2.14. The summed E-state index contributed by atoms with van der Waals surface area (Å²) in [5, 5.41) is 4.51. The third-order valence-electron chi connectivity index (χ3n) is 5.61. The van der Waals surface area contributed by atoms with Gasteiger partial charge < -0.3 is 5.32 Å². The number of carbonyl (C=O) groups excluding carboxylic acids is 1. The maximum Gasteiger partial charge on any atom is 0.416 e. The van der Waals surface area contributed by atoms with Crippen molar-refractivity contribution < 1.29 is 18.0 Å². The van der Waals surface area contributed by atoms with E-state index >= 15 is 0 Å². The number of hydrogen-bond acceptors (Lipinski definition) is 5. The summed E-state index contributed by atoms with van der Waals surface area (Å²) in [6, 6.07) is 10.2. The second kappa shape index (κ2) is 7.55.